The highest BCUT2D eigenvalue weighted by molar-refractivity contribution is 5.55. The lowest BCUT2D eigenvalue weighted by Crippen LogP contribution is -2.10. The van der Waals surface area contributed by atoms with Gasteiger partial charge in [-0.25, -0.2) is 0 Å². The fourth-order valence-electron chi connectivity index (χ4n) is 2.17. The minimum absolute atomic E-state index is 0.0453. The molecule has 2 N–H and O–H groups in total. The molecule has 2 heterocycles. The first kappa shape index (κ1) is 18.5. The van der Waals surface area contributed by atoms with E-state index in [9.17, 15) is 13.2 Å². The SMILES string of the molecule is CCOc1nc(NCc2ccco2)nc(Nc2cccc(C(F)(F)F)c2)n1. The van der Waals surface area contributed by atoms with Crippen LogP contribution in [0.5, 0.6) is 6.01 Å². The normalized spacial score (nSPS) is 11.3. The monoisotopic (exact) mass is 379 g/mol. The van der Waals surface area contributed by atoms with Gasteiger partial charge in [0.15, 0.2) is 0 Å². The van der Waals surface area contributed by atoms with Gasteiger partial charge in [-0.1, -0.05) is 6.07 Å². The first-order valence-corrected chi connectivity index (χ1v) is 8.03. The Bertz CT molecular complexity index is 885. The summed E-state index contributed by atoms with van der Waals surface area (Å²) in [4.78, 5) is 12.3. The molecule has 2 aromatic heterocycles. The maximum Gasteiger partial charge on any atom is 0.416 e. The van der Waals surface area contributed by atoms with Crippen LogP contribution in [-0.4, -0.2) is 21.6 Å². The summed E-state index contributed by atoms with van der Waals surface area (Å²) in [5, 5.41) is 5.69. The van der Waals surface area contributed by atoms with Gasteiger partial charge in [-0.15, -0.1) is 0 Å². The van der Waals surface area contributed by atoms with E-state index in [1.807, 2.05) is 0 Å². The third-order valence-electron chi connectivity index (χ3n) is 3.34. The van der Waals surface area contributed by atoms with Crippen molar-refractivity contribution in [2.75, 3.05) is 17.2 Å². The molecule has 3 rings (SSSR count). The number of alkyl halides is 3. The van der Waals surface area contributed by atoms with Crippen LogP contribution in [0.2, 0.25) is 0 Å². The van der Waals surface area contributed by atoms with Crippen molar-refractivity contribution >= 4 is 17.6 Å². The van der Waals surface area contributed by atoms with Crippen molar-refractivity contribution < 1.29 is 22.3 Å². The van der Waals surface area contributed by atoms with Crippen LogP contribution in [-0.2, 0) is 12.7 Å². The molecule has 3 aromatic rings. The van der Waals surface area contributed by atoms with Crippen molar-refractivity contribution in [2.24, 2.45) is 0 Å². The highest BCUT2D eigenvalue weighted by atomic mass is 19.4. The van der Waals surface area contributed by atoms with Crippen LogP contribution in [0.25, 0.3) is 0 Å². The van der Waals surface area contributed by atoms with E-state index in [2.05, 4.69) is 25.6 Å². The molecular weight excluding hydrogens is 363 g/mol. The number of hydrogen-bond donors (Lipinski definition) is 2. The lowest BCUT2D eigenvalue weighted by Gasteiger charge is -2.11. The predicted molar refractivity (Wildman–Crippen MR) is 91.8 cm³/mol. The van der Waals surface area contributed by atoms with Gasteiger partial charge in [-0.05, 0) is 37.3 Å². The van der Waals surface area contributed by atoms with Gasteiger partial charge in [-0.2, -0.15) is 28.1 Å². The Morgan fingerprint density at radius 2 is 1.89 bits per heavy atom. The summed E-state index contributed by atoms with van der Waals surface area (Å²) in [5.41, 5.74) is -0.585. The van der Waals surface area contributed by atoms with E-state index in [1.165, 1.54) is 18.4 Å². The standard InChI is InChI=1S/C17H16F3N5O2/c1-2-26-16-24-14(21-10-13-7-4-8-27-13)23-15(25-16)22-12-6-3-5-11(9-12)17(18,19)20/h3-9H,2,10H2,1H3,(H2,21,22,23,24,25). The zero-order chi connectivity index (χ0) is 19.3. The van der Waals surface area contributed by atoms with E-state index in [0.717, 1.165) is 12.1 Å². The van der Waals surface area contributed by atoms with Crippen LogP contribution in [0.4, 0.5) is 30.8 Å². The Balaban J connectivity index is 1.81. The Morgan fingerprint density at radius 1 is 1.07 bits per heavy atom. The number of ether oxygens (including phenoxy) is 1. The third kappa shape index (κ3) is 5.09. The van der Waals surface area contributed by atoms with Crippen LogP contribution >= 0.6 is 0 Å². The number of nitrogens with zero attached hydrogens (tertiary/aromatic N) is 3. The third-order valence-corrected chi connectivity index (χ3v) is 3.34. The summed E-state index contributed by atoms with van der Waals surface area (Å²) in [6, 6.07) is 8.31. The van der Waals surface area contributed by atoms with Gasteiger partial charge in [0.1, 0.15) is 5.76 Å². The summed E-state index contributed by atoms with van der Waals surface area (Å²) >= 11 is 0. The second kappa shape index (κ2) is 7.94. The molecule has 0 radical (unpaired) electrons. The molecule has 1 aromatic carbocycles. The quantitative estimate of drug-likeness (QED) is 0.635. The maximum atomic E-state index is 12.9. The summed E-state index contributed by atoms with van der Waals surface area (Å²) in [5.74, 6) is 0.912. The lowest BCUT2D eigenvalue weighted by molar-refractivity contribution is -0.137. The first-order valence-electron chi connectivity index (χ1n) is 8.03. The second-order valence-corrected chi connectivity index (χ2v) is 5.33. The predicted octanol–water partition coefficient (Wildman–Crippen LogP) is 4.24. The van der Waals surface area contributed by atoms with E-state index in [1.54, 1.807) is 19.1 Å². The molecule has 0 saturated heterocycles. The summed E-state index contributed by atoms with van der Waals surface area (Å²) < 4.78 is 49.1. The average molecular weight is 379 g/mol. The summed E-state index contributed by atoms with van der Waals surface area (Å²) in [6.45, 7) is 2.41. The van der Waals surface area contributed by atoms with Gasteiger partial charge >= 0.3 is 12.2 Å². The largest absolute Gasteiger partial charge is 0.467 e. The van der Waals surface area contributed by atoms with Gasteiger partial charge < -0.3 is 19.8 Å². The zero-order valence-corrected chi connectivity index (χ0v) is 14.2. The number of halogens is 3. The number of benzene rings is 1. The molecule has 10 heteroatoms. The highest BCUT2D eigenvalue weighted by Gasteiger charge is 2.30. The summed E-state index contributed by atoms with van der Waals surface area (Å²) in [6.07, 6.45) is -2.90. The van der Waals surface area contributed by atoms with Crippen LogP contribution < -0.4 is 15.4 Å². The van der Waals surface area contributed by atoms with Crippen molar-refractivity contribution in [2.45, 2.75) is 19.6 Å². The van der Waals surface area contributed by atoms with E-state index in [0.29, 0.717) is 18.9 Å². The number of rotatable bonds is 7. The molecule has 7 nitrogen and oxygen atoms in total. The number of furan rings is 1. The number of aromatic nitrogens is 3. The van der Waals surface area contributed by atoms with Gasteiger partial charge in [0.2, 0.25) is 11.9 Å². The molecular formula is C17H16F3N5O2. The van der Waals surface area contributed by atoms with Crippen LogP contribution in [0, 0.1) is 0 Å². The average Bonchev–Trinajstić information content (AvgIpc) is 3.13. The molecule has 0 aliphatic heterocycles. The van der Waals surface area contributed by atoms with Crippen molar-refractivity contribution in [1.82, 2.24) is 15.0 Å². The van der Waals surface area contributed by atoms with E-state index in [-0.39, 0.29) is 23.6 Å². The lowest BCUT2D eigenvalue weighted by atomic mass is 10.2. The Morgan fingerprint density at radius 3 is 2.59 bits per heavy atom. The molecule has 0 aliphatic rings. The fraction of sp³-hybridized carbons (Fsp3) is 0.235. The molecule has 0 amide bonds. The molecule has 142 valence electrons. The minimum Gasteiger partial charge on any atom is -0.467 e. The van der Waals surface area contributed by atoms with Crippen LogP contribution in [0.15, 0.2) is 47.1 Å². The number of anilines is 3. The molecule has 0 bridgehead atoms. The van der Waals surface area contributed by atoms with E-state index >= 15 is 0 Å². The topological polar surface area (TPSA) is 85.1 Å². The Kier molecular flexibility index (Phi) is 5.43. The fourth-order valence-corrected chi connectivity index (χ4v) is 2.17. The van der Waals surface area contributed by atoms with Crippen molar-refractivity contribution in [1.29, 1.82) is 0 Å². The summed E-state index contributed by atoms with van der Waals surface area (Å²) in [7, 11) is 0. The Hall–Kier alpha value is -3.30. The number of hydrogen-bond acceptors (Lipinski definition) is 7. The van der Waals surface area contributed by atoms with Gasteiger partial charge in [0, 0.05) is 5.69 Å². The van der Waals surface area contributed by atoms with E-state index in [4.69, 9.17) is 9.15 Å². The Labute approximate surface area is 152 Å². The van der Waals surface area contributed by atoms with Gasteiger partial charge in [0.25, 0.3) is 0 Å². The molecule has 0 aliphatic carbocycles. The smallest absolute Gasteiger partial charge is 0.416 e. The number of nitrogens with one attached hydrogen (secondary N) is 2. The first-order chi connectivity index (χ1) is 12.9. The molecule has 0 saturated carbocycles. The van der Waals surface area contributed by atoms with Crippen LogP contribution in [0.1, 0.15) is 18.2 Å². The molecule has 27 heavy (non-hydrogen) atoms. The molecule has 0 spiro atoms. The van der Waals surface area contributed by atoms with Crippen molar-refractivity contribution in [3.63, 3.8) is 0 Å². The highest BCUT2D eigenvalue weighted by Crippen LogP contribution is 2.31. The second-order valence-electron chi connectivity index (χ2n) is 5.33. The minimum atomic E-state index is -4.44. The van der Waals surface area contributed by atoms with Crippen molar-refractivity contribution in [3.8, 4) is 6.01 Å². The van der Waals surface area contributed by atoms with Crippen LogP contribution in [0.3, 0.4) is 0 Å². The van der Waals surface area contributed by atoms with E-state index < -0.39 is 11.7 Å². The molecule has 0 fully saturated rings. The van der Waals surface area contributed by atoms with Gasteiger partial charge in [0.05, 0.1) is 25.0 Å². The van der Waals surface area contributed by atoms with Gasteiger partial charge in [-0.3, -0.25) is 0 Å². The molecule has 0 atom stereocenters. The van der Waals surface area contributed by atoms with Crippen molar-refractivity contribution in [3.05, 3.63) is 54.0 Å². The molecule has 0 unspecified atom stereocenters. The zero-order valence-electron chi connectivity index (χ0n) is 14.2. The maximum absolute atomic E-state index is 12.9.